The summed E-state index contributed by atoms with van der Waals surface area (Å²) in [5, 5.41) is 17.3. The third kappa shape index (κ3) is 6.16. The molecule has 0 heterocycles. The van der Waals surface area contributed by atoms with Gasteiger partial charge in [-0.2, -0.15) is 0 Å². The van der Waals surface area contributed by atoms with Crippen molar-refractivity contribution in [2.24, 2.45) is 5.73 Å². The highest BCUT2D eigenvalue weighted by Gasteiger charge is 2.19. The molecule has 0 aliphatic heterocycles. The normalized spacial score (nSPS) is 11.9. The van der Waals surface area contributed by atoms with Crippen LogP contribution in [0, 0.1) is 5.41 Å². The zero-order valence-electron chi connectivity index (χ0n) is 16.8. The molecule has 0 unspecified atom stereocenters. The van der Waals surface area contributed by atoms with E-state index in [0.717, 1.165) is 22.8 Å². The number of nitrogen functional groups attached to an aromatic ring is 1. The van der Waals surface area contributed by atoms with Gasteiger partial charge in [-0.1, -0.05) is 24.3 Å². The zero-order valence-corrected chi connectivity index (χ0v) is 17.6. The number of carbonyl (C=O) groups is 1. The van der Waals surface area contributed by atoms with Gasteiger partial charge in [-0.15, -0.1) is 0 Å². The van der Waals surface area contributed by atoms with E-state index in [1.165, 1.54) is 18.2 Å². The molecule has 5 N–H and O–H groups in total. The van der Waals surface area contributed by atoms with Crippen molar-refractivity contribution in [2.75, 3.05) is 13.2 Å². The van der Waals surface area contributed by atoms with Gasteiger partial charge in [0.05, 0.1) is 6.61 Å². The fourth-order valence-corrected chi connectivity index (χ4v) is 3.83. The van der Waals surface area contributed by atoms with Crippen LogP contribution < -0.4 is 10.5 Å². The van der Waals surface area contributed by atoms with E-state index in [-0.39, 0.29) is 22.8 Å². The quantitative estimate of drug-likeness (QED) is 0.207. The van der Waals surface area contributed by atoms with Gasteiger partial charge in [-0.3, -0.25) is 5.41 Å². The van der Waals surface area contributed by atoms with Gasteiger partial charge >= 0.3 is 5.97 Å². The van der Waals surface area contributed by atoms with Crippen LogP contribution in [0.4, 0.5) is 0 Å². The van der Waals surface area contributed by atoms with E-state index in [1.807, 2.05) is 31.2 Å². The third-order valence-electron chi connectivity index (χ3n) is 4.30. The number of allylic oxidation sites excluding steroid dienone is 1. The number of hydrogen-bond acceptors (Lipinski definition) is 6. The fourth-order valence-electron chi connectivity index (χ4n) is 2.68. The van der Waals surface area contributed by atoms with Gasteiger partial charge < -0.3 is 15.6 Å². The van der Waals surface area contributed by atoms with E-state index in [2.05, 4.69) is 4.72 Å². The molecule has 8 nitrogen and oxygen atoms in total. The highest BCUT2D eigenvalue weighted by molar-refractivity contribution is 7.89. The second kappa shape index (κ2) is 10.0. The molecule has 0 bridgehead atoms. The molecule has 2 rings (SSSR count). The van der Waals surface area contributed by atoms with E-state index < -0.39 is 21.7 Å². The molecule has 0 saturated heterocycles. The van der Waals surface area contributed by atoms with E-state index >= 15 is 0 Å². The maximum Gasteiger partial charge on any atom is 0.331 e. The molecule has 2 aromatic rings. The summed E-state index contributed by atoms with van der Waals surface area (Å²) < 4.78 is 32.3. The first-order valence-electron chi connectivity index (χ1n) is 9.25. The summed E-state index contributed by atoms with van der Waals surface area (Å²) in [6.45, 7) is 3.98. The third-order valence-corrected chi connectivity index (χ3v) is 5.79. The predicted octanol–water partition coefficient (Wildman–Crippen LogP) is 2.16. The smallest absolute Gasteiger partial charge is 0.331 e. The minimum Gasteiger partial charge on any atom is -0.507 e. The van der Waals surface area contributed by atoms with E-state index in [1.54, 1.807) is 6.92 Å². The van der Waals surface area contributed by atoms with E-state index in [0.29, 0.717) is 13.0 Å². The van der Waals surface area contributed by atoms with Crippen LogP contribution in [0.3, 0.4) is 0 Å². The fraction of sp³-hybridized carbons (Fsp3) is 0.238. The first-order valence-corrected chi connectivity index (χ1v) is 10.7. The van der Waals surface area contributed by atoms with Crippen molar-refractivity contribution in [3.8, 4) is 5.75 Å². The number of amidine groups is 1. The highest BCUT2D eigenvalue weighted by atomic mass is 32.2. The van der Waals surface area contributed by atoms with Crippen LogP contribution in [-0.2, 0) is 26.0 Å². The molecule has 0 aliphatic rings. The van der Waals surface area contributed by atoms with Crippen LogP contribution in [-0.4, -0.2) is 38.5 Å². The number of sulfonamides is 1. The number of nitrogens with one attached hydrogen (secondary N) is 2. The summed E-state index contributed by atoms with van der Waals surface area (Å²) in [7, 11) is -3.97. The number of aromatic hydroxyl groups is 1. The average Bonchev–Trinajstić information content (AvgIpc) is 2.68. The van der Waals surface area contributed by atoms with Crippen LogP contribution in [0.5, 0.6) is 5.75 Å². The maximum absolute atomic E-state index is 12.5. The highest BCUT2D eigenvalue weighted by Crippen LogP contribution is 2.23. The number of rotatable bonds is 9. The van der Waals surface area contributed by atoms with Crippen LogP contribution in [0.2, 0.25) is 0 Å². The standard InChI is InChI=1S/C21H25N3O5S/c1-3-29-20(26)12-14(2)16-6-4-15(5-7-16)10-11-24-30(27,28)19-13-17(21(22)23)8-9-18(19)25/h4-9,12-13,24-25H,3,10-11H2,1-2H3,(H3,22,23)/b14-12-. The van der Waals surface area contributed by atoms with Crippen molar-refractivity contribution in [3.05, 3.63) is 65.2 Å². The van der Waals surface area contributed by atoms with Crippen molar-refractivity contribution in [1.82, 2.24) is 4.72 Å². The molecule has 30 heavy (non-hydrogen) atoms. The largest absolute Gasteiger partial charge is 0.507 e. The summed E-state index contributed by atoms with van der Waals surface area (Å²) in [6, 6.07) is 11.1. The van der Waals surface area contributed by atoms with Gasteiger partial charge in [0.15, 0.2) is 0 Å². The number of ether oxygens (including phenoxy) is 1. The van der Waals surface area contributed by atoms with Crippen LogP contribution >= 0.6 is 0 Å². The molecule has 0 spiro atoms. The Kier molecular flexibility index (Phi) is 7.73. The molecule has 0 radical (unpaired) electrons. The molecule has 0 atom stereocenters. The minimum atomic E-state index is -3.97. The molecule has 0 fully saturated rings. The summed E-state index contributed by atoms with van der Waals surface area (Å²) >= 11 is 0. The maximum atomic E-state index is 12.5. The molecular weight excluding hydrogens is 406 g/mol. The molecule has 2 aromatic carbocycles. The van der Waals surface area contributed by atoms with E-state index in [4.69, 9.17) is 15.9 Å². The van der Waals surface area contributed by atoms with Gasteiger partial charge in [0.25, 0.3) is 0 Å². The van der Waals surface area contributed by atoms with Crippen molar-refractivity contribution in [1.29, 1.82) is 5.41 Å². The minimum absolute atomic E-state index is 0.114. The van der Waals surface area contributed by atoms with Gasteiger partial charge in [-0.25, -0.2) is 17.9 Å². The number of phenols is 1. The lowest BCUT2D eigenvalue weighted by Gasteiger charge is -2.10. The van der Waals surface area contributed by atoms with Gasteiger partial charge in [0.1, 0.15) is 16.5 Å². The van der Waals surface area contributed by atoms with Gasteiger partial charge in [-0.05, 0) is 55.2 Å². The number of esters is 1. The van der Waals surface area contributed by atoms with Crippen LogP contribution in [0.1, 0.15) is 30.5 Å². The molecule has 9 heteroatoms. The number of phenolic OH excluding ortho intramolecular Hbond substituents is 1. The Labute approximate surface area is 175 Å². The molecular formula is C21H25N3O5S. The number of benzene rings is 2. The Morgan fingerprint density at radius 1 is 1.20 bits per heavy atom. The molecule has 160 valence electrons. The second-order valence-electron chi connectivity index (χ2n) is 6.52. The van der Waals surface area contributed by atoms with Crippen molar-refractivity contribution >= 4 is 27.4 Å². The lowest BCUT2D eigenvalue weighted by atomic mass is 10.0. The summed E-state index contributed by atoms with van der Waals surface area (Å²) in [5.74, 6) is -1.11. The monoisotopic (exact) mass is 431 g/mol. The van der Waals surface area contributed by atoms with Crippen LogP contribution in [0.15, 0.2) is 53.4 Å². The van der Waals surface area contributed by atoms with Crippen molar-refractivity contribution in [3.63, 3.8) is 0 Å². The Morgan fingerprint density at radius 2 is 1.83 bits per heavy atom. The molecule has 0 aliphatic carbocycles. The first-order chi connectivity index (χ1) is 14.1. The van der Waals surface area contributed by atoms with Crippen molar-refractivity contribution < 1.29 is 23.1 Å². The molecule has 0 saturated carbocycles. The SMILES string of the molecule is CCOC(=O)/C=C(/C)c1ccc(CCNS(=O)(=O)c2cc(C(=N)N)ccc2O)cc1. The summed E-state index contributed by atoms with van der Waals surface area (Å²) in [6.07, 6.45) is 1.85. The Balaban J connectivity index is 2.02. The van der Waals surface area contributed by atoms with Gasteiger partial charge in [0, 0.05) is 18.2 Å². The number of hydrogen-bond donors (Lipinski definition) is 4. The molecule has 0 aromatic heterocycles. The Bertz CT molecular complexity index is 1060. The summed E-state index contributed by atoms with van der Waals surface area (Å²) in [4.78, 5) is 11.2. The second-order valence-corrected chi connectivity index (χ2v) is 8.26. The van der Waals surface area contributed by atoms with Gasteiger partial charge in [0.2, 0.25) is 10.0 Å². The topological polar surface area (TPSA) is 143 Å². The summed E-state index contributed by atoms with van der Waals surface area (Å²) in [5.41, 5.74) is 8.11. The van der Waals surface area contributed by atoms with E-state index in [9.17, 15) is 18.3 Å². The Morgan fingerprint density at radius 3 is 2.43 bits per heavy atom. The first kappa shape index (κ1) is 23.1. The Hall–Kier alpha value is -3.17. The van der Waals surface area contributed by atoms with Crippen LogP contribution in [0.25, 0.3) is 5.57 Å². The zero-order chi connectivity index (χ0) is 22.3. The lowest BCUT2D eigenvalue weighted by molar-refractivity contribution is -0.137. The lowest BCUT2D eigenvalue weighted by Crippen LogP contribution is -2.26. The predicted molar refractivity (Wildman–Crippen MR) is 115 cm³/mol. The molecule has 0 amide bonds. The average molecular weight is 432 g/mol. The number of nitrogens with two attached hydrogens (primary N) is 1. The van der Waals surface area contributed by atoms with Crippen molar-refractivity contribution in [2.45, 2.75) is 25.2 Å². The number of carbonyl (C=O) groups excluding carboxylic acids is 1.